The van der Waals surface area contributed by atoms with E-state index in [2.05, 4.69) is 5.32 Å². The number of aromatic nitrogens is 1. The van der Waals surface area contributed by atoms with Crippen molar-refractivity contribution < 1.29 is 33.4 Å². The number of thioether (sulfide) groups is 1. The van der Waals surface area contributed by atoms with Crippen molar-refractivity contribution in [1.82, 2.24) is 4.57 Å². The summed E-state index contributed by atoms with van der Waals surface area (Å²) in [4.78, 5) is 68.0. The van der Waals surface area contributed by atoms with E-state index >= 15 is 0 Å². The number of thiazole rings is 1. The highest BCUT2D eigenvalue weighted by molar-refractivity contribution is 8.00. The van der Waals surface area contributed by atoms with Gasteiger partial charge in [0.1, 0.15) is 23.3 Å². The van der Waals surface area contributed by atoms with Crippen LogP contribution in [0.25, 0.3) is 0 Å². The van der Waals surface area contributed by atoms with Gasteiger partial charge in [-0.05, 0) is 73.2 Å². The molecule has 46 heavy (non-hydrogen) atoms. The van der Waals surface area contributed by atoms with E-state index in [0.29, 0.717) is 38.3 Å². The summed E-state index contributed by atoms with van der Waals surface area (Å²) in [5, 5.41) is 2.41. The van der Waals surface area contributed by atoms with E-state index in [-0.39, 0.29) is 23.9 Å². The van der Waals surface area contributed by atoms with E-state index in [1.165, 1.54) is 16.6 Å². The van der Waals surface area contributed by atoms with Crippen LogP contribution in [-0.2, 0) is 25.7 Å². The Morgan fingerprint density at radius 1 is 0.848 bits per heavy atom. The molecule has 1 N–H and O–H groups in total. The molecule has 11 nitrogen and oxygen atoms in total. The largest absolute Gasteiger partial charge is 0.497 e. The van der Waals surface area contributed by atoms with Gasteiger partial charge in [0.2, 0.25) is 17.7 Å². The quantitative estimate of drug-likeness (QED) is 0.203. The molecule has 2 aliphatic rings. The average molecular weight is 660 g/mol. The first-order chi connectivity index (χ1) is 22.2. The van der Waals surface area contributed by atoms with Crippen molar-refractivity contribution in [1.29, 1.82) is 0 Å². The molecule has 0 saturated carbocycles. The molecule has 3 heterocycles. The molecule has 1 saturated heterocycles. The fourth-order valence-electron chi connectivity index (χ4n) is 5.66. The summed E-state index contributed by atoms with van der Waals surface area (Å²) < 4.78 is 16.9. The number of anilines is 2. The van der Waals surface area contributed by atoms with Crippen LogP contribution >= 0.6 is 23.1 Å². The number of carbonyl (C=O) groups is 4. The lowest BCUT2D eigenvalue weighted by Gasteiger charge is -2.30. The van der Waals surface area contributed by atoms with Crippen LogP contribution in [0.2, 0.25) is 0 Å². The van der Waals surface area contributed by atoms with Crippen molar-refractivity contribution in [2.24, 2.45) is 5.92 Å². The monoisotopic (exact) mass is 659 g/mol. The van der Waals surface area contributed by atoms with Crippen LogP contribution in [0.4, 0.5) is 11.4 Å². The average Bonchev–Trinajstić information content (AvgIpc) is 3.51. The molecule has 0 bridgehead atoms. The smallest absolute Gasteiger partial charge is 0.338 e. The predicted octanol–water partition coefficient (Wildman–Crippen LogP) is 4.54. The SMILES string of the molecule is CCOC(=O)c1ccc(NC(=O)Cn2c3c(sc2=O)[C@H](c2ccc(OC)cc2)C2C(=O)N(c4ccc(OC)cc4)C(=O)C2S3)cc1. The molecule has 6 rings (SSSR count). The van der Waals surface area contributed by atoms with Gasteiger partial charge in [-0.3, -0.25) is 23.7 Å². The molecule has 0 radical (unpaired) electrons. The van der Waals surface area contributed by atoms with Crippen LogP contribution in [0, 0.1) is 5.92 Å². The fraction of sp³-hybridized carbons (Fsp3) is 0.242. The van der Waals surface area contributed by atoms with Crippen LogP contribution in [0.15, 0.2) is 82.6 Å². The second kappa shape index (κ2) is 12.9. The summed E-state index contributed by atoms with van der Waals surface area (Å²) in [7, 11) is 3.09. The van der Waals surface area contributed by atoms with E-state index in [0.717, 1.165) is 28.7 Å². The van der Waals surface area contributed by atoms with E-state index in [1.54, 1.807) is 74.7 Å². The molecule has 4 aromatic rings. The first-order valence-corrected chi connectivity index (χ1v) is 16.1. The number of benzene rings is 3. The van der Waals surface area contributed by atoms with Gasteiger partial charge in [-0.25, -0.2) is 9.69 Å². The Bertz CT molecular complexity index is 1870. The Hall–Kier alpha value is -4.88. The van der Waals surface area contributed by atoms with Crippen molar-refractivity contribution in [3.8, 4) is 11.5 Å². The third kappa shape index (κ3) is 5.67. The Morgan fingerprint density at radius 3 is 2.09 bits per heavy atom. The number of amides is 3. The van der Waals surface area contributed by atoms with Gasteiger partial charge in [-0.2, -0.15) is 0 Å². The lowest BCUT2D eigenvalue weighted by molar-refractivity contribution is -0.122. The molecule has 0 spiro atoms. The number of nitrogens with zero attached hydrogens (tertiary/aromatic N) is 2. The number of fused-ring (bicyclic) bond motifs is 2. The number of ether oxygens (including phenoxy) is 3. The minimum absolute atomic E-state index is 0.245. The molecule has 1 aromatic heterocycles. The lowest BCUT2D eigenvalue weighted by atomic mass is 9.83. The number of rotatable bonds is 9. The zero-order chi connectivity index (χ0) is 32.5. The highest BCUT2D eigenvalue weighted by Gasteiger charge is 2.56. The molecule has 3 atom stereocenters. The highest BCUT2D eigenvalue weighted by Crippen LogP contribution is 2.54. The summed E-state index contributed by atoms with van der Waals surface area (Å²) in [6.07, 6.45) is 0. The minimum atomic E-state index is -0.826. The Labute approximate surface area is 272 Å². The summed E-state index contributed by atoms with van der Waals surface area (Å²) in [6, 6.07) is 20.1. The number of carbonyl (C=O) groups excluding carboxylic acids is 4. The van der Waals surface area contributed by atoms with Gasteiger partial charge in [0.25, 0.3) is 0 Å². The topological polar surface area (TPSA) is 133 Å². The van der Waals surface area contributed by atoms with Gasteiger partial charge in [-0.15, -0.1) is 0 Å². The third-order valence-electron chi connectivity index (χ3n) is 7.84. The van der Waals surface area contributed by atoms with Gasteiger partial charge < -0.3 is 19.5 Å². The molecule has 0 aliphatic carbocycles. The molecular weight excluding hydrogens is 631 g/mol. The van der Waals surface area contributed by atoms with Crippen molar-refractivity contribution in [2.75, 3.05) is 31.0 Å². The molecular formula is C33H29N3O8S2. The maximum Gasteiger partial charge on any atom is 0.338 e. The van der Waals surface area contributed by atoms with Crippen LogP contribution in [0.3, 0.4) is 0 Å². The zero-order valence-electron chi connectivity index (χ0n) is 25.1. The number of nitrogens with one attached hydrogen (secondary N) is 1. The normalized spacial score (nSPS) is 18.5. The van der Waals surface area contributed by atoms with E-state index < -0.39 is 34.9 Å². The van der Waals surface area contributed by atoms with Crippen molar-refractivity contribution in [2.45, 2.75) is 29.7 Å². The molecule has 2 unspecified atom stereocenters. The number of hydrogen-bond donors (Lipinski definition) is 1. The summed E-state index contributed by atoms with van der Waals surface area (Å²) >= 11 is 2.10. The zero-order valence-corrected chi connectivity index (χ0v) is 26.7. The van der Waals surface area contributed by atoms with Crippen LogP contribution in [0.5, 0.6) is 11.5 Å². The van der Waals surface area contributed by atoms with Crippen molar-refractivity contribution in [3.63, 3.8) is 0 Å². The summed E-state index contributed by atoms with van der Waals surface area (Å²) in [5.41, 5.74) is 1.95. The fourth-order valence-corrected chi connectivity index (χ4v) is 8.43. The molecule has 1 fully saturated rings. The Kier molecular flexibility index (Phi) is 8.69. The second-order valence-electron chi connectivity index (χ2n) is 10.5. The molecule has 13 heteroatoms. The number of imide groups is 1. The molecule has 236 valence electrons. The molecule has 2 aliphatic heterocycles. The minimum Gasteiger partial charge on any atom is -0.497 e. The third-order valence-corrected chi connectivity index (χ3v) is 10.4. The van der Waals surface area contributed by atoms with E-state index in [1.807, 2.05) is 12.1 Å². The highest BCUT2D eigenvalue weighted by atomic mass is 32.2. The Morgan fingerprint density at radius 2 is 1.48 bits per heavy atom. The van der Waals surface area contributed by atoms with Crippen molar-refractivity contribution in [3.05, 3.63) is 98.5 Å². The maximum absolute atomic E-state index is 14.1. The second-order valence-corrected chi connectivity index (χ2v) is 12.6. The van der Waals surface area contributed by atoms with E-state index in [4.69, 9.17) is 14.2 Å². The van der Waals surface area contributed by atoms with Crippen LogP contribution < -0.4 is 24.6 Å². The van der Waals surface area contributed by atoms with Gasteiger partial charge >= 0.3 is 10.8 Å². The molecule has 3 amide bonds. The van der Waals surface area contributed by atoms with Gasteiger partial charge in [0.05, 0.1) is 43.0 Å². The van der Waals surface area contributed by atoms with E-state index in [9.17, 15) is 24.0 Å². The standard InChI is InChI=1S/C33H29N3O8S2/c1-4-44-32(40)19-5-9-20(10-6-19)34-24(37)17-35-31-28(46-33(35)41)25(18-7-13-22(42-2)14-8-18)26-27(45-31)30(39)36(29(26)38)21-11-15-23(43-3)16-12-21/h5-16,25-27H,4,17H2,1-3H3,(H,34,37)/t25-,26?,27?/m1/s1. The van der Waals surface area contributed by atoms with Gasteiger partial charge in [-0.1, -0.05) is 35.2 Å². The van der Waals surface area contributed by atoms with Gasteiger partial charge in [0, 0.05) is 16.5 Å². The summed E-state index contributed by atoms with van der Waals surface area (Å²) in [5.74, 6) is -1.88. The van der Waals surface area contributed by atoms with Crippen LogP contribution in [0.1, 0.15) is 33.6 Å². The Balaban J connectivity index is 1.33. The van der Waals surface area contributed by atoms with Crippen LogP contribution in [-0.4, -0.2) is 54.3 Å². The van der Waals surface area contributed by atoms with Gasteiger partial charge in [0.15, 0.2) is 0 Å². The number of esters is 1. The maximum atomic E-state index is 14.1. The van der Waals surface area contributed by atoms with Crippen molar-refractivity contribution >= 4 is 58.2 Å². The number of hydrogen-bond acceptors (Lipinski definition) is 10. The molecule has 3 aromatic carbocycles. The summed E-state index contributed by atoms with van der Waals surface area (Å²) in [6.45, 7) is 1.65. The first kappa shape index (κ1) is 31.1. The predicted molar refractivity (Wildman–Crippen MR) is 173 cm³/mol. The lowest BCUT2D eigenvalue weighted by Crippen LogP contribution is -2.33. The number of methoxy groups -OCH3 is 2. The first-order valence-electron chi connectivity index (χ1n) is 14.4.